The van der Waals surface area contributed by atoms with Crippen molar-refractivity contribution in [2.75, 3.05) is 26.3 Å². The Balaban J connectivity index is 1.62. The quantitative estimate of drug-likeness (QED) is 0.165. The number of esters is 1. The topological polar surface area (TPSA) is 78.2 Å². The summed E-state index contributed by atoms with van der Waals surface area (Å²) in [4.78, 5) is 28.5. The number of rotatable bonds is 8. The molecule has 1 saturated heterocycles. The van der Waals surface area contributed by atoms with Crippen molar-refractivity contribution in [2.24, 2.45) is 0 Å². The van der Waals surface area contributed by atoms with Crippen LogP contribution in [0.5, 0.6) is 17.2 Å². The third-order valence-electron chi connectivity index (χ3n) is 6.99. The van der Waals surface area contributed by atoms with Gasteiger partial charge in [-0.3, -0.25) is 9.69 Å². The molecule has 0 spiro atoms. The number of benzene rings is 3. The number of carbonyl (C=O) groups is 1. The van der Waals surface area contributed by atoms with E-state index in [2.05, 4.69) is 0 Å². The van der Waals surface area contributed by atoms with Gasteiger partial charge in [0.1, 0.15) is 17.1 Å². The first-order valence-electron chi connectivity index (χ1n) is 13.7. The van der Waals surface area contributed by atoms with Crippen LogP contribution in [0.25, 0.3) is 11.0 Å². The Morgan fingerprint density at radius 1 is 0.976 bits per heavy atom. The molecule has 7 nitrogen and oxygen atoms in total. The summed E-state index contributed by atoms with van der Waals surface area (Å²) in [6.45, 7) is 5.80. The molecule has 0 radical (unpaired) electrons. The minimum atomic E-state index is -5.05. The van der Waals surface area contributed by atoms with Crippen LogP contribution in [0.3, 0.4) is 0 Å². The zero-order valence-corrected chi connectivity index (χ0v) is 23.3. The van der Waals surface area contributed by atoms with E-state index in [4.69, 9.17) is 18.6 Å². The first-order valence-corrected chi connectivity index (χ1v) is 13.7. The fourth-order valence-electron chi connectivity index (χ4n) is 4.77. The van der Waals surface area contributed by atoms with Gasteiger partial charge >= 0.3 is 12.1 Å². The molecule has 0 unspecified atom stereocenters. The van der Waals surface area contributed by atoms with E-state index < -0.39 is 29.1 Å². The van der Waals surface area contributed by atoms with Gasteiger partial charge in [-0.1, -0.05) is 43.2 Å². The third kappa shape index (κ3) is 6.50. The Kier molecular flexibility index (Phi) is 8.65. The summed E-state index contributed by atoms with van der Waals surface area (Å²) in [5.74, 6) is -3.15. The van der Waals surface area contributed by atoms with Gasteiger partial charge < -0.3 is 18.6 Å². The fraction of sp³-hybridized carbons (Fsp3) is 0.312. The van der Waals surface area contributed by atoms with Crippen LogP contribution in [0, 0.1) is 6.92 Å². The predicted molar refractivity (Wildman–Crippen MR) is 150 cm³/mol. The molecule has 0 atom stereocenters. The summed E-state index contributed by atoms with van der Waals surface area (Å²) in [6, 6.07) is 15.9. The minimum absolute atomic E-state index is 0.00368. The van der Waals surface area contributed by atoms with E-state index in [1.807, 2.05) is 18.7 Å². The average molecular weight is 582 g/mol. The smallest absolute Gasteiger partial charge is 0.449 e. The number of morpholine rings is 1. The SMILES string of the molecule is CCCc1ccc(Oc2c(C(F)(F)F)oc3c(CN4CCOCC4)c(OC(=O)c4ccc(C)cc4)ccc3c2=O)cc1. The first-order chi connectivity index (χ1) is 20.1. The Hall–Kier alpha value is -4.15. The molecule has 10 heteroatoms. The molecule has 1 aliphatic rings. The van der Waals surface area contributed by atoms with E-state index in [0.29, 0.717) is 26.3 Å². The maximum Gasteiger partial charge on any atom is 0.453 e. The number of aryl methyl sites for hydroxylation is 2. The van der Waals surface area contributed by atoms with Gasteiger partial charge in [0.15, 0.2) is 0 Å². The largest absolute Gasteiger partial charge is 0.453 e. The van der Waals surface area contributed by atoms with Gasteiger partial charge in [0.25, 0.3) is 5.76 Å². The predicted octanol–water partition coefficient (Wildman–Crippen LogP) is 6.92. The summed E-state index contributed by atoms with van der Waals surface area (Å²) >= 11 is 0. The van der Waals surface area contributed by atoms with Crippen LogP contribution in [0.4, 0.5) is 13.2 Å². The van der Waals surface area contributed by atoms with E-state index in [0.717, 1.165) is 24.0 Å². The lowest BCUT2D eigenvalue weighted by Gasteiger charge is -2.27. The van der Waals surface area contributed by atoms with Crippen molar-refractivity contribution in [2.45, 2.75) is 39.4 Å². The molecule has 220 valence electrons. The second-order valence-electron chi connectivity index (χ2n) is 10.1. The zero-order chi connectivity index (χ0) is 29.9. The second kappa shape index (κ2) is 12.4. The molecular formula is C32H30F3NO6. The summed E-state index contributed by atoms with van der Waals surface area (Å²) in [6.07, 6.45) is -3.34. The molecule has 42 heavy (non-hydrogen) atoms. The van der Waals surface area contributed by atoms with Crippen molar-refractivity contribution >= 4 is 16.9 Å². The van der Waals surface area contributed by atoms with Crippen LogP contribution >= 0.6 is 0 Å². The molecule has 0 saturated carbocycles. The lowest BCUT2D eigenvalue weighted by atomic mass is 10.1. The number of hydrogen-bond donors (Lipinski definition) is 0. The molecule has 1 aromatic heterocycles. The average Bonchev–Trinajstić information content (AvgIpc) is 2.97. The lowest BCUT2D eigenvalue weighted by Crippen LogP contribution is -2.36. The van der Waals surface area contributed by atoms with E-state index in [1.165, 1.54) is 24.3 Å². The highest BCUT2D eigenvalue weighted by Crippen LogP contribution is 2.40. The third-order valence-corrected chi connectivity index (χ3v) is 6.99. The summed E-state index contributed by atoms with van der Waals surface area (Å²) < 4.78 is 65.1. The van der Waals surface area contributed by atoms with E-state index >= 15 is 0 Å². The van der Waals surface area contributed by atoms with Gasteiger partial charge in [0.2, 0.25) is 11.2 Å². The molecule has 0 amide bonds. The number of carbonyl (C=O) groups excluding carboxylic acids is 1. The van der Waals surface area contributed by atoms with Gasteiger partial charge in [0, 0.05) is 19.6 Å². The molecule has 1 aliphatic heterocycles. The molecule has 5 rings (SSSR count). The van der Waals surface area contributed by atoms with E-state index in [9.17, 15) is 22.8 Å². The first kappa shape index (κ1) is 29.3. The van der Waals surface area contributed by atoms with Crippen molar-refractivity contribution in [3.8, 4) is 17.2 Å². The monoisotopic (exact) mass is 581 g/mol. The Labute approximate surface area is 240 Å². The molecular weight excluding hydrogens is 551 g/mol. The van der Waals surface area contributed by atoms with Gasteiger partial charge in [0.05, 0.1) is 29.7 Å². The maximum atomic E-state index is 14.4. The van der Waals surface area contributed by atoms with Gasteiger partial charge in [-0.2, -0.15) is 13.2 Å². The Morgan fingerprint density at radius 3 is 2.31 bits per heavy atom. The number of hydrogen-bond acceptors (Lipinski definition) is 7. The fourth-order valence-corrected chi connectivity index (χ4v) is 4.77. The molecule has 1 fully saturated rings. The highest BCUT2D eigenvalue weighted by molar-refractivity contribution is 5.92. The number of halogens is 3. The molecule has 0 bridgehead atoms. The molecule has 2 heterocycles. The Bertz CT molecular complexity index is 1620. The normalized spacial score (nSPS) is 14.2. The number of fused-ring (bicyclic) bond motifs is 1. The summed E-state index contributed by atoms with van der Waals surface area (Å²) in [5.41, 5.74) is 1.05. The lowest BCUT2D eigenvalue weighted by molar-refractivity contribution is -0.154. The minimum Gasteiger partial charge on any atom is -0.449 e. The van der Waals surface area contributed by atoms with Crippen LogP contribution in [-0.4, -0.2) is 37.2 Å². The highest BCUT2D eigenvalue weighted by Gasteiger charge is 2.41. The van der Waals surface area contributed by atoms with Gasteiger partial charge in [-0.05, 0) is 55.3 Å². The van der Waals surface area contributed by atoms with Crippen LogP contribution in [0.2, 0.25) is 0 Å². The van der Waals surface area contributed by atoms with Crippen molar-refractivity contribution in [3.05, 3.63) is 98.9 Å². The van der Waals surface area contributed by atoms with E-state index in [-0.39, 0.29) is 40.1 Å². The van der Waals surface area contributed by atoms with Gasteiger partial charge in [-0.25, -0.2) is 4.79 Å². The van der Waals surface area contributed by atoms with Crippen molar-refractivity contribution in [1.29, 1.82) is 0 Å². The maximum absolute atomic E-state index is 14.4. The van der Waals surface area contributed by atoms with Crippen molar-refractivity contribution in [3.63, 3.8) is 0 Å². The van der Waals surface area contributed by atoms with Crippen LogP contribution in [0.1, 0.15) is 46.2 Å². The molecule has 0 N–H and O–H groups in total. The summed E-state index contributed by atoms with van der Waals surface area (Å²) in [7, 11) is 0. The zero-order valence-electron chi connectivity index (χ0n) is 23.3. The van der Waals surface area contributed by atoms with E-state index in [1.54, 1.807) is 36.4 Å². The molecule has 3 aromatic carbocycles. The standard InChI is InChI=1S/C32H30F3NO6/c1-3-4-21-7-11-23(12-8-21)40-29-27(37)24-13-14-26(41-31(38)22-9-5-20(2)6-10-22)25(19-36-15-17-39-18-16-36)28(24)42-30(29)32(33,34)35/h5-14H,3-4,15-19H2,1-2H3. The molecule has 4 aromatic rings. The number of alkyl halides is 3. The molecule has 0 aliphatic carbocycles. The van der Waals surface area contributed by atoms with Gasteiger partial charge in [-0.15, -0.1) is 0 Å². The second-order valence-corrected chi connectivity index (χ2v) is 10.1. The van der Waals surface area contributed by atoms with Crippen LogP contribution in [-0.2, 0) is 23.9 Å². The van der Waals surface area contributed by atoms with Crippen LogP contribution < -0.4 is 14.9 Å². The van der Waals surface area contributed by atoms with Crippen molar-refractivity contribution < 1.29 is 36.6 Å². The number of ether oxygens (including phenoxy) is 3. The van der Waals surface area contributed by atoms with Crippen molar-refractivity contribution in [1.82, 2.24) is 4.90 Å². The summed E-state index contributed by atoms with van der Waals surface area (Å²) in [5, 5.41) is -0.126. The van der Waals surface area contributed by atoms with Crippen LogP contribution in [0.15, 0.2) is 69.9 Å². The number of nitrogens with zero attached hydrogens (tertiary/aromatic N) is 1. The Morgan fingerprint density at radius 2 is 1.67 bits per heavy atom. The highest BCUT2D eigenvalue weighted by atomic mass is 19.4.